The van der Waals surface area contributed by atoms with Gasteiger partial charge < -0.3 is 14.9 Å². The van der Waals surface area contributed by atoms with Crippen LogP contribution < -0.4 is 4.74 Å². The fourth-order valence-corrected chi connectivity index (χ4v) is 3.89. The maximum absolute atomic E-state index is 10.6. The third kappa shape index (κ3) is 3.60. The van der Waals surface area contributed by atoms with Gasteiger partial charge in [0.15, 0.2) is 0 Å². The maximum Gasteiger partial charge on any atom is 0.230 e. The van der Waals surface area contributed by atoms with Gasteiger partial charge in [0.1, 0.15) is 12.1 Å². The van der Waals surface area contributed by atoms with Gasteiger partial charge in [0.2, 0.25) is 10.8 Å². The second kappa shape index (κ2) is 7.38. The summed E-state index contributed by atoms with van der Waals surface area (Å²) in [7, 11) is 1.91. The molecule has 3 aromatic rings. The molecule has 0 aliphatic heterocycles. The first kappa shape index (κ1) is 17.7. The predicted molar refractivity (Wildman–Crippen MR) is 96.3 cm³/mol. The Morgan fingerprint density at radius 3 is 2.60 bits per heavy atom. The van der Waals surface area contributed by atoms with Gasteiger partial charge in [-0.3, -0.25) is 4.90 Å². The summed E-state index contributed by atoms with van der Waals surface area (Å²) >= 11 is 1.39. The number of aliphatic hydroxyl groups is 1. The van der Waals surface area contributed by atoms with Gasteiger partial charge >= 0.3 is 0 Å². The first-order valence-electron chi connectivity index (χ1n) is 8.10. The van der Waals surface area contributed by atoms with Crippen LogP contribution in [-0.2, 0) is 0 Å². The molecule has 0 aliphatic rings. The van der Waals surface area contributed by atoms with Crippen molar-refractivity contribution in [2.24, 2.45) is 0 Å². The normalized spacial score (nSPS) is 13.0. The molecule has 0 spiro atoms. The fourth-order valence-electron chi connectivity index (χ4n) is 2.77. The molecule has 0 saturated heterocycles. The number of hydrogen-bond acceptors (Lipinski definition) is 7. The van der Waals surface area contributed by atoms with Crippen molar-refractivity contribution in [3.05, 3.63) is 41.0 Å². The zero-order chi connectivity index (χ0) is 18.0. The van der Waals surface area contributed by atoms with Gasteiger partial charge in [0.25, 0.3) is 0 Å². The van der Waals surface area contributed by atoms with Gasteiger partial charge in [0.05, 0.1) is 23.6 Å². The molecule has 1 atom stereocenters. The first-order valence-corrected chi connectivity index (χ1v) is 8.92. The number of hydrogen-bond donors (Lipinski definition) is 2. The van der Waals surface area contributed by atoms with Crippen molar-refractivity contribution >= 4 is 16.3 Å². The second-order valence-corrected chi connectivity index (χ2v) is 7.10. The molecule has 2 N–H and O–H groups in total. The molecular formula is C17H22N4O3S. The summed E-state index contributed by atoms with van der Waals surface area (Å²) in [6, 6.07) is 7.58. The fraction of sp³-hybridized carbons (Fsp3) is 0.412. The van der Waals surface area contributed by atoms with Crippen LogP contribution >= 0.6 is 11.3 Å². The molecule has 1 aromatic carbocycles. The Labute approximate surface area is 150 Å². The number of benzene rings is 1. The van der Waals surface area contributed by atoms with E-state index >= 15 is 0 Å². The number of aromatic hydroxyl groups is 1. The molecule has 7 nitrogen and oxygen atoms in total. The van der Waals surface area contributed by atoms with Gasteiger partial charge in [-0.1, -0.05) is 23.5 Å². The van der Waals surface area contributed by atoms with Crippen molar-refractivity contribution in [1.29, 1.82) is 0 Å². The van der Waals surface area contributed by atoms with E-state index in [0.29, 0.717) is 11.5 Å². The van der Waals surface area contributed by atoms with Crippen LogP contribution in [0.4, 0.5) is 0 Å². The SMILES string of the molecule is CC(C)Oc1ccc(C(c2sc3ncnn3c2O)N(C)CCO)cc1. The van der Waals surface area contributed by atoms with E-state index in [2.05, 4.69) is 10.1 Å². The van der Waals surface area contributed by atoms with Gasteiger partial charge in [0, 0.05) is 6.54 Å². The molecular weight excluding hydrogens is 340 g/mol. The molecule has 0 saturated carbocycles. The van der Waals surface area contributed by atoms with Gasteiger partial charge in [-0.25, -0.2) is 4.98 Å². The molecule has 0 radical (unpaired) electrons. The standard InChI is InChI=1S/C17H22N4O3S/c1-11(2)24-13-6-4-12(5-7-13)14(20(3)8-9-22)15-16(23)21-17(25-15)18-10-19-21/h4-7,10-11,14,22-23H,8-9H2,1-3H3. The number of fused-ring (bicyclic) bond motifs is 1. The van der Waals surface area contributed by atoms with E-state index in [0.717, 1.165) is 16.2 Å². The minimum atomic E-state index is -0.214. The molecule has 0 aliphatic carbocycles. The molecule has 1 unspecified atom stereocenters. The average Bonchev–Trinajstić information content (AvgIpc) is 3.13. The van der Waals surface area contributed by atoms with E-state index < -0.39 is 0 Å². The van der Waals surface area contributed by atoms with Crippen molar-refractivity contribution < 1.29 is 14.9 Å². The van der Waals surface area contributed by atoms with Crippen LogP contribution in [0.15, 0.2) is 30.6 Å². The number of likely N-dealkylation sites (N-methyl/N-ethyl adjacent to an activating group) is 1. The Morgan fingerprint density at radius 2 is 2.00 bits per heavy atom. The lowest BCUT2D eigenvalue weighted by Gasteiger charge is -2.27. The van der Waals surface area contributed by atoms with Crippen LogP contribution in [0.1, 0.15) is 30.3 Å². The van der Waals surface area contributed by atoms with Crippen LogP contribution in [0.3, 0.4) is 0 Å². The molecule has 3 rings (SSSR count). The Morgan fingerprint density at radius 1 is 1.28 bits per heavy atom. The van der Waals surface area contributed by atoms with E-state index in [9.17, 15) is 10.2 Å². The number of aliphatic hydroxyl groups excluding tert-OH is 1. The largest absolute Gasteiger partial charge is 0.492 e. The lowest BCUT2D eigenvalue weighted by Crippen LogP contribution is -2.28. The van der Waals surface area contributed by atoms with Crippen molar-refractivity contribution in [3.8, 4) is 11.6 Å². The van der Waals surface area contributed by atoms with E-state index in [4.69, 9.17) is 4.74 Å². The highest BCUT2D eigenvalue weighted by Crippen LogP contribution is 2.39. The van der Waals surface area contributed by atoms with E-state index in [-0.39, 0.29) is 24.6 Å². The first-order chi connectivity index (χ1) is 12.0. The summed E-state index contributed by atoms with van der Waals surface area (Å²) in [5.74, 6) is 0.879. The molecule has 8 heteroatoms. The second-order valence-electron chi connectivity index (χ2n) is 6.09. The minimum Gasteiger partial charge on any atom is -0.492 e. The number of rotatable bonds is 7. The molecule has 25 heavy (non-hydrogen) atoms. The van der Waals surface area contributed by atoms with Gasteiger partial charge in [-0.05, 0) is 38.6 Å². The van der Waals surface area contributed by atoms with E-state index in [1.165, 1.54) is 22.2 Å². The number of nitrogens with zero attached hydrogens (tertiary/aromatic N) is 4. The predicted octanol–water partition coefficient (Wildman–Crippen LogP) is 2.30. The highest BCUT2D eigenvalue weighted by molar-refractivity contribution is 7.17. The molecule has 0 bridgehead atoms. The summed E-state index contributed by atoms with van der Waals surface area (Å²) in [4.78, 5) is 7.51. The average molecular weight is 362 g/mol. The van der Waals surface area contributed by atoms with E-state index in [1.54, 1.807) is 0 Å². The Balaban J connectivity index is 2.00. The van der Waals surface area contributed by atoms with Crippen LogP contribution in [0.2, 0.25) is 0 Å². The van der Waals surface area contributed by atoms with Crippen molar-refractivity contribution in [1.82, 2.24) is 19.5 Å². The topological polar surface area (TPSA) is 83.1 Å². The summed E-state index contributed by atoms with van der Waals surface area (Å²) in [5.41, 5.74) is 0.992. The lowest BCUT2D eigenvalue weighted by atomic mass is 10.0. The summed E-state index contributed by atoms with van der Waals surface area (Å²) in [5, 5.41) is 23.9. The van der Waals surface area contributed by atoms with Crippen LogP contribution in [-0.4, -0.2) is 56.0 Å². The third-order valence-corrected chi connectivity index (χ3v) is 4.93. The Bertz CT molecular complexity index is 828. The smallest absolute Gasteiger partial charge is 0.230 e. The van der Waals surface area contributed by atoms with Gasteiger partial charge in [-0.15, -0.1) is 0 Å². The molecule has 2 heterocycles. The maximum atomic E-state index is 10.6. The Kier molecular flexibility index (Phi) is 5.22. The quantitative estimate of drug-likeness (QED) is 0.671. The summed E-state index contributed by atoms with van der Waals surface area (Å²) in [6.07, 6.45) is 1.53. The van der Waals surface area contributed by atoms with Crippen LogP contribution in [0, 0.1) is 0 Å². The monoisotopic (exact) mass is 362 g/mol. The van der Waals surface area contributed by atoms with Crippen molar-refractivity contribution in [2.75, 3.05) is 20.2 Å². The zero-order valence-electron chi connectivity index (χ0n) is 14.5. The highest BCUT2D eigenvalue weighted by Gasteiger charge is 2.27. The number of aromatic nitrogens is 3. The third-order valence-electron chi connectivity index (χ3n) is 3.85. The zero-order valence-corrected chi connectivity index (χ0v) is 15.3. The molecule has 2 aromatic heterocycles. The van der Waals surface area contributed by atoms with Gasteiger partial charge in [-0.2, -0.15) is 9.61 Å². The molecule has 0 fully saturated rings. The number of thiazole rings is 1. The lowest BCUT2D eigenvalue weighted by molar-refractivity contribution is 0.196. The summed E-state index contributed by atoms with van der Waals surface area (Å²) in [6.45, 7) is 4.47. The highest BCUT2D eigenvalue weighted by atomic mass is 32.1. The van der Waals surface area contributed by atoms with E-state index in [1.807, 2.05) is 50.1 Å². The van der Waals surface area contributed by atoms with Crippen molar-refractivity contribution in [2.45, 2.75) is 26.0 Å². The minimum absolute atomic E-state index is 0.0308. The molecule has 0 amide bonds. The van der Waals surface area contributed by atoms with Crippen LogP contribution in [0.5, 0.6) is 11.6 Å². The summed E-state index contributed by atoms with van der Waals surface area (Å²) < 4.78 is 7.12. The Hall–Kier alpha value is -2.16. The molecule has 134 valence electrons. The van der Waals surface area contributed by atoms with Crippen molar-refractivity contribution in [3.63, 3.8) is 0 Å². The van der Waals surface area contributed by atoms with Crippen LogP contribution in [0.25, 0.3) is 4.96 Å². The number of ether oxygens (including phenoxy) is 1.